The van der Waals surface area contributed by atoms with Crippen LogP contribution in [0.2, 0.25) is 0 Å². The number of carbonyl (C=O) groups excluding carboxylic acids is 1. The van der Waals surface area contributed by atoms with Gasteiger partial charge in [0.15, 0.2) is 0 Å². The molecule has 33 heavy (non-hydrogen) atoms. The van der Waals surface area contributed by atoms with E-state index < -0.39 is 0 Å². The van der Waals surface area contributed by atoms with E-state index in [0.29, 0.717) is 18.1 Å². The molecule has 0 fully saturated rings. The second kappa shape index (κ2) is 8.89. The lowest BCUT2D eigenvalue weighted by molar-refractivity contribution is 0.0532. The predicted octanol–water partition coefficient (Wildman–Crippen LogP) is 6.46. The van der Waals surface area contributed by atoms with E-state index in [9.17, 15) is 4.79 Å². The van der Waals surface area contributed by atoms with Gasteiger partial charge in [0.05, 0.1) is 6.61 Å². The van der Waals surface area contributed by atoms with E-state index in [1.54, 1.807) is 0 Å². The highest BCUT2D eigenvalue weighted by Crippen LogP contribution is 2.51. The molecule has 1 aromatic heterocycles. The average molecular weight is 460 g/mol. The number of esters is 1. The van der Waals surface area contributed by atoms with Crippen LogP contribution < -0.4 is 9.47 Å². The molecule has 0 aliphatic carbocycles. The van der Waals surface area contributed by atoms with Crippen LogP contribution in [0.25, 0.3) is 32.3 Å². The van der Waals surface area contributed by atoms with Gasteiger partial charge in [0.25, 0.3) is 0 Å². The molecular formula is C27H25NO4S. The monoisotopic (exact) mass is 459 g/mol. The molecule has 5 nitrogen and oxygen atoms in total. The molecule has 0 atom stereocenters. The lowest BCUT2D eigenvalue weighted by Gasteiger charge is -2.13. The van der Waals surface area contributed by atoms with E-state index in [4.69, 9.17) is 14.2 Å². The Morgan fingerprint density at radius 1 is 0.939 bits per heavy atom. The highest BCUT2D eigenvalue weighted by Gasteiger charge is 2.26. The number of ether oxygens (including phenoxy) is 3. The Hall–Kier alpha value is -3.35. The fourth-order valence-corrected chi connectivity index (χ4v) is 5.03. The number of hydrogen-bond donors (Lipinski definition) is 0. The molecule has 0 saturated carbocycles. The number of fused-ring (bicyclic) bond motifs is 6. The van der Waals surface area contributed by atoms with E-state index in [2.05, 4.69) is 23.1 Å². The summed E-state index contributed by atoms with van der Waals surface area (Å²) in [6, 6.07) is 20.1. The smallest absolute Gasteiger partial charge is 0.348 e. The topological polar surface area (TPSA) is 48.0 Å². The Labute approximate surface area is 197 Å². The maximum Gasteiger partial charge on any atom is 0.348 e. The van der Waals surface area contributed by atoms with Crippen LogP contribution in [-0.2, 0) is 4.74 Å². The van der Waals surface area contributed by atoms with Crippen LogP contribution in [0.15, 0.2) is 60.7 Å². The van der Waals surface area contributed by atoms with E-state index in [0.717, 1.165) is 56.1 Å². The Morgan fingerprint density at radius 2 is 1.79 bits per heavy atom. The lowest BCUT2D eigenvalue weighted by Crippen LogP contribution is -2.19. The molecule has 1 aliphatic rings. The van der Waals surface area contributed by atoms with Crippen molar-refractivity contribution in [2.24, 2.45) is 0 Å². The average Bonchev–Trinajstić information content (AvgIpc) is 3.19. The normalized spacial score (nSPS) is 11.9. The van der Waals surface area contributed by atoms with Crippen molar-refractivity contribution in [3.63, 3.8) is 0 Å². The molecule has 0 amide bonds. The molecular weight excluding hydrogens is 434 g/mol. The van der Waals surface area contributed by atoms with Crippen LogP contribution in [-0.4, -0.2) is 44.7 Å². The first-order chi connectivity index (χ1) is 16.0. The maximum absolute atomic E-state index is 12.5. The van der Waals surface area contributed by atoms with Gasteiger partial charge in [-0.05, 0) is 68.2 Å². The van der Waals surface area contributed by atoms with Crippen molar-refractivity contribution >= 4 is 28.1 Å². The van der Waals surface area contributed by atoms with E-state index >= 15 is 0 Å². The Balaban J connectivity index is 1.62. The number of nitrogens with zero attached hydrogens (tertiary/aromatic N) is 1. The third kappa shape index (κ3) is 4.19. The van der Waals surface area contributed by atoms with Crippen molar-refractivity contribution in [2.75, 3.05) is 33.9 Å². The predicted molar refractivity (Wildman–Crippen MR) is 133 cm³/mol. The van der Waals surface area contributed by atoms with Gasteiger partial charge in [-0.1, -0.05) is 24.3 Å². The molecule has 0 unspecified atom stereocenters. The van der Waals surface area contributed by atoms with Gasteiger partial charge >= 0.3 is 5.97 Å². The lowest BCUT2D eigenvalue weighted by atomic mass is 10.00. The van der Waals surface area contributed by atoms with Crippen molar-refractivity contribution < 1.29 is 19.0 Å². The first-order valence-electron chi connectivity index (χ1n) is 11.0. The molecule has 0 bridgehead atoms. The van der Waals surface area contributed by atoms with E-state index in [1.807, 2.05) is 63.5 Å². The van der Waals surface area contributed by atoms with Crippen LogP contribution in [0.1, 0.15) is 16.6 Å². The molecule has 3 aromatic carbocycles. The van der Waals surface area contributed by atoms with Crippen molar-refractivity contribution in [3.8, 4) is 38.8 Å². The van der Waals surface area contributed by atoms with E-state index in [-0.39, 0.29) is 5.97 Å². The highest BCUT2D eigenvalue weighted by atomic mass is 32.1. The van der Waals surface area contributed by atoms with Gasteiger partial charge in [0, 0.05) is 28.1 Å². The molecule has 1 aliphatic heterocycles. The second-order valence-corrected chi connectivity index (χ2v) is 9.23. The van der Waals surface area contributed by atoms with Gasteiger partial charge in [-0.2, -0.15) is 0 Å². The number of hydrogen-bond acceptors (Lipinski definition) is 6. The van der Waals surface area contributed by atoms with Crippen LogP contribution in [0.5, 0.6) is 17.2 Å². The summed E-state index contributed by atoms with van der Waals surface area (Å²) in [7, 11) is 4.06. The van der Waals surface area contributed by atoms with Gasteiger partial charge in [-0.3, -0.25) is 0 Å². The molecule has 2 heterocycles. The molecule has 4 aromatic rings. The van der Waals surface area contributed by atoms with Crippen molar-refractivity contribution in [1.82, 2.24) is 4.90 Å². The molecule has 5 rings (SSSR count). The molecule has 168 valence electrons. The van der Waals surface area contributed by atoms with Crippen molar-refractivity contribution in [1.29, 1.82) is 0 Å². The van der Waals surface area contributed by atoms with Gasteiger partial charge in [-0.25, -0.2) is 4.79 Å². The zero-order valence-electron chi connectivity index (χ0n) is 18.9. The summed E-state index contributed by atoms with van der Waals surface area (Å²) in [5.74, 6) is 2.07. The van der Waals surface area contributed by atoms with Crippen LogP contribution >= 0.6 is 11.3 Å². The minimum absolute atomic E-state index is 0.296. The highest BCUT2D eigenvalue weighted by molar-refractivity contribution is 7.18. The van der Waals surface area contributed by atoms with Gasteiger partial charge in [0.2, 0.25) is 0 Å². The summed E-state index contributed by atoms with van der Waals surface area (Å²) in [5, 5.41) is 2.12. The second-order valence-electron chi connectivity index (χ2n) is 8.18. The summed E-state index contributed by atoms with van der Waals surface area (Å²) in [6.45, 7) is 3.65. The largest absolute Gasteiger partial charge is 0.492 e. The van der Waals surface area contributed by atoms with Crippen LogP contribution in [0.3, 0.4) is 0 Å². The minimum atomic E-state index is -0.296. The summed E-state index contributed by atoms with van der Waals surface area (Å²) in [6.07, 6.45) is 0. The summed E-state index contributed by atoms with van der Waals surface area (Å²) in [4.78, 5) is 16.2. The molecule has 0 radical (unpaired) electrons. The zero-order valence-corrected chi connectivity index (χ0v) is 19.7. The molecule has 6 heteroatoms. The number of benzene rings is 3. The number of carbonyl (C=O) groups is 1. The maximum atomic E-state index is 12.5. The van der Waals surface area contributed by atoms with Gasteiger partial charge in [0.1, 0.15) is 28.7 Å². The van der Waals surface area contributed by atoms with Crippen LogP contribution in [0.4, 0.5) is 0 Å². The molecule has 0 N–H and O–H groups in total. The number of rotatable bonds is 6. The van der Waals surface area contributed by atoms with Crippen molar-refractivity contribution in [3.05, 3.63) is 65.5 Å². The third-order valence-corrected chi connectivity index (χ3v) is 6.72. The quantitative estimate of drug-likeness (QED) is 0.273. The van der Waals surface area contributed by atoms with Gasteiger partial charge < -0.3 is 19.1 Å². The Morgan fingerprint density at radius 3 is 2.61 bits per heavy atom. The van der Waals surface area contributed by atoms with Crippen LogP contribution in [0, 0.1) is 0 Å². The Bertz CT molecular complexity index is 1340. The number of thiophene rings is 1. The molecule has 0 spiro atoms. The zero-order chi connectivity index (χ0) is 22.9. The van der Waals surface area contributed by atoms with Crippen molar-refractivity contribution in [2.45, 2.75) is 6.92 Å². The minimum Gasteiger partial charge on any atom is -0.492 e. The summed E-state index contributed by atoms with van der Waals surface area (Å²) < 4.78 is 17.6. The Kier molecular flexibility index (Phi) is 5.79. The first kappa shape index (κ1) is 21.5. The number of likely N-dealkylation sites (N-methyl/N-ethyl adjacent to an activating group) is 1. The van der Waals surface area contributed by atoms with E-state index in [1.165, 1.54) is 11.3 Å². The summed E-state index contributed by atoms with van der Waals surface area (Å²) in [5.41, 5.74) is 2.92. The first-order valence-corrected chi connectivity index (χ1v) is 11.8. The fraction of sp³-hybridized carbons (Fsp3) is 0.222. The third-order valence-electron chi connectivity index (χ3n) is 5.57. The SMILES string of the molecule is CCOC(=O)c1cc2c(s1)-c1cc3ccc(OCCN(C)C)cc3cc1Oc1ccccc1-2. The number of para-hydroxylation sites is 1. The van der Waals surface area contributed by atoms with Gasteiger partial charge in [-0.15, -0.1) is 11.3 Å². The standard InChI is InChI=1S/C27H25NO4S/c1-4-30-27(29)25-16-21-20-7-5-6-8-23(20)32-24-15-18-13-19(31-12-11-28(2)3)10-9-17(18)14-22(24)26(21)33-25/h5-10,13-16H,4,11-12H2,1-3H3. The molecule has 0 saturated heterocycles. The summed E-state index contributed by atoms with van der Waals surface area (Å²) >= 11 is 1.44. The fourth-order valence-electron chi connectivity index (χ4n) is 3.94.